The highest BCUT2D eigenvalue weighted by atomic mass is 19.1. The van der Waals surface area contributed by atoms with E-state index >= 15 is 0 Å². The van der Waals surface area contributed by atoms with Crippen LogP contribution in [-0.4, -0.2) is 37.9 Å². The van der Waals surface area contributed by atoms with Crippen molar-refractivity contribution in [2.75, 3.05) is 17.7 Å². The molecule has 5 N–H and O–H groups in total. The van der Waals surface area contributed by atoms with E-state index in [0.29, 0.717) is 22.6 Å². The fourth-order valence-corrected chi connectivity index (χ4v) is 4.16. The van der Waals surface area contributed by atoms with Crippen LogP contribution in [-0.2, 0) is 0 Å². The molecule has 34 heavy (non-hydrogen) atoms. The Bertz CT molecular complexity index is 1240. The number of piperidine rings is 1. The van der Waals surface area contributed by atoms with Crippen LogP contribution in [0.5, 0.6) is 0 Å². The summed E-state index contributed by atoms with van der Waals surface area (Å²) in [5.41, 5.74) is 7.03. The molecule has 176 valence electrons. The van der Waals surface area contributed by atoms with Crippen molar-refractivity contribution in [3.05, 3.63) is 77.8 Å². The molecule has 1 aromatic carbocycles. The Morgan fingerprint density at radius 1 is 1.21 bits per heavy atom. The molecule has 9 nitrogen and oxygen atoms in total. The molecule has 1 fully saturated rings. The fourth-order valence-electron chi connectivity index (χ4n) is 4.16. The molecule has 0 spiro atoms. The number of nitrogen functional groups attached to an aromatic ring is 1. The molecule has 1 atom stereocenters. The van der Waals surface area contributed by atoms with Gasteiger partial charge < -0.3 is 21.8 Å². The van der Waals surface area contributed by atoms with Crippen molar-refractivity contribution in [2.24, 2.45) is 5.73 Å². The van der Waals surface area contributed by atoms with Crippen LogP contribution < -0.4 is 16.9 Å². The molecule has 1 aliphatic rings. The molecule has 4 rings (SSSR count). The molecule has 0 radical (unpaired) electrons. The predicted molar refractivity (Wildman–Crippen MR) is 127 cm³/mol. The molecule has 3 aromatic rings. The van der Waals surface area contributed by atoms with E-state index in [-0.39, 0.29) is 17.6 Å². The second-order valence-corrected chi connectivity index (χ2v) is 8.02. The number of aromatic nitrogens is 3. The summed E-state index contributed by atoms with van der Waals surface area (Å²) >= 11 is 0. The Hall–Kier alpha value is -4.21. The molecule has 2 aromatic heterocycles. The molecule has 1 unspecified atom stereocenters. The van der Waals surface area contributed by atoms with Gasteiger partial charge in [-0.3, -0.25) is 9.59 Å². The molecule has 10 heteroatoms. The number of allylic oxidation sites excluding steroid dienone is 1. The van der Waals surface area contributed by atoms with E-state index in [1.165, 1.54) is 16.9 Å². The lowest BCUT2D eigenvalue weighted by Crippen LogP contribution is -2.33. The maximum absolute atomic E-state index is 13.3. The number of hydrogen-bond donors (Lipinski definition) is 3. The van der Waals surface area contributed by atoms with Gasteiger partial charge in [0.05, 0.1) is 6.04 Å². The highest BCUT2D eigenvalue weighted by Gasteiger charge is 2.30. The molecular weight excluding hydrogens is 437 g/mol. The minimum absolute atomic E-state index is 0.0781. The summed E-state index contributed by atoms with van der Waals surface area (Å²) < 4.78 is 14.6. The first-order chi connectivity index (χ1) is 16.4. The number of likely N-dealkylation sites (tertiary alicyclic amines) is 1. The van der Waals surface area contributed by atoms with E-state index in [1.807, 2.05) is 19.2 Å². The summed E-state index contributed by atoms with van der Waals surface area (Å²) in [6, 6.07) is 8.73. The number of imidazole rings is 1. The number of hydrogen-bond acceptors (Lipinski definition) is 6. The van der Waals surface area contributed by atoms with Crippen LogP contribution in [0.25, 0.3) is 11.3 Å². The highest BCUT2D eigenvalue weighted by molar-refractivity contribution is 6.04. The molecule has 1 aliphatic heterocycles. The molecular formula is C24H26FN7O2. The quantitative estimate of drug-likeness (QED) is 0.481. The largest absolute Gasteiger partial charge is 0.368 e. The van der Waals surface area contributed by atoms with Crippen LogP contribution in [0.3, 0.4) is 0 Å². The zero-order chi connectivity index (χ0) is 24.2. The number of rotatable bonds is 6. The van der Waals surface area contributed by atoms with Gasteiger partial charge in [-0.05, 0) is 50.6 Å². The number of carbonyl (C=O) groups excluding carboxylic acids is 2. The summed E-state index contributed by atoms with van der Waals surface area (Å²) in [4.78, 5) is 35.6. The third-order valence-electron chi connectivity index (χ3n) is 5.74. The van der Waals surface area contributed by atoms with Gasteiger partial charge in [0.15, 0.2) is 11.5 Å². The second-order valence-electron chi connectivity index (χ2n) is 8.02. The fraction of sp³-hybridized carbons (Fsp3) is 0.250. The number of nitrogens with two attached hydrogens (primary N) is 2. The lowest BCUT2D eigenvalue weighted by atomic mass is 10.0. The van der Waals surface area contributed by atoms with Gasteiger partial charge in [-0.2, -0.15) is 0 Å². The maximum Gasteiger partial charge on any atom is 0.269 e. The lowest BCUT2D eigenvalue weighted by Gasteiger charge is -2.34. The van der Waals surface area contributed by atoms with Crippen LogP contribution in [0.15, 0.2) is 54.9 Å². The molecule has 2 amide bonds. The third-order valence-corrected chi connectivity index (χ3v) is 5.74. The molecule has 0 bridgehead atoms. The third kappa shape index (κ3) is 4.61. The molecule has 0 aliphatic carbocycles. The first kappa shape index (κ1) is 23.0. The van der Waals surface area contributed by atoms with Crippen molar-refractivity contribution < 1.29 is 14.0 Å². The number of pyridine rings is 1. The first-order valence-electron chi connectivity index (χ1n) is 11.0. The minimum atomic E-state index is -0.691. The van der Waals surface area contributed by atoms with Crippen molar-refractivity contribution in [3.63, 3.8) is 0 Å². The van der Waals surface area contributed by atoms with Gasteiger partial charge in [0, 0.05) is 29.9 Å². The van der Waals surface area contributed by atoms with Crippen LogP contribution >= 0.6 is 0 Å². The monoisotopic (exact) mass is 463 g/mol. The average molecular weight is 464 g/mol. The van der Waals surface area contributed by atoms with E-state index in [9.17, 15) is 14.0 Å². The van der Waals surface area contributed by atoms with Gasteiger partial charge in [-0.1, -0.05) is 18.2 Å². The Balaban J connectivity index is 1.64. The Morgan fingerprint density at radius 3 is 2.65 bits per heavy atom. The van der Waals surface area contributed by atoms with E-state index in [2.05, 4.69) is 15.2 Å². The van der Waals surface area contributed by atoms with Crippen molar-refractivity contribution in [2.45, 2.75) is 32.2 Å². The average Bonchev–Trinajstić information content (AvgIpc) is 3.17. The van der Waals surface area contributed by atoms with E-state index in [1.54, 1.807) is 24.3 Å². The Kier molecular flexibility index (Phi) is 6.58. The first-order valence-corrected chi connectivity index (χ1v) is 11.0. The summed E-state index contributed by atoms with van der Waals surface area (Å²) in [7, 11) is 0. The molecule has 0 saturated carbocycles. The number of primary amides is 1. The van der Waals surface area contributed by atoms with E-state index in [0.717, 1.165) is 31.9 Å². The number of carbonyl (C=O) groups is 2. The van der Waals surface area contributed by atoms with E-state index < -0.39 is 17.6 Å². The summed E-state index contributed by atoms with van der Waals surface area (Å²) in [6.45, 7) is 2.82. The van der Waals surface area contributed by atoms with Gasteiger partial charge in [0.2, 0.25) is 0 Å². The van der Waals surface area contributed by atoms with Gasteiger partial charge in [0.1, 0.15) is 17.3 Å². The van der Waals surface area contributed by atoms with Gasteiger partial charge in [-0.15, -0.1) is 0 Å². The normalized spacial score (nSPS) is 16.1. The van der Waals surface area contributed by atoms with Crippen LogP contribution in [0, 0.1) is 5.82 Å². The van der Waals surface area contributed by atoms with Gasteiger partial charge in [-0.25, -0.2) is 19.0 Å². The van der Waals surface area contributed by atoms with Crippen molar-refractivity contribution in [1.29, 1.82) is 0 Å². The summed E-state index contributed by atoms with van der Waals surface area (Å²) in [5, 5.41) is 2.55. The topological polar surface area (TPSA) is 132 Å². The number of nitrogens with zero attached hydrogens (tertiary/aromatic N) is 4. The van der Waals surface area contributed by atoms with Crippen LogP contribution in [0.2, 0.25) is 0 Å². The zero-order valence-electron chi connectivity index (χ0n) is 18.7. The van der Waals surface area contributed by atoms with Crippen molar-refractivity contribution in [1.82, 2.24) is 19.5 Å². The minimum Gasteiger partial charge on any atom is -0.368 e. The maximum atomic E-state index is 13.3. The predicted octanol–water partition coefficient (Wildman–Crippen LogP) is 3.21. The van der Waals surface area contributed by atoms with Gasteiger partial charge in [0.25, 0.3) is 11.8 Å². The van der Waals surface area contributed by atoms with Crippen LogP contribution in [0.4, 0.5) is 10.2 Å². The number of amides is 2. The summed E-state index contributed by atoms with van der Waals surface area (Å²) in [5.74, 6) is 5.33. The second kappa shape index (κ2) is 9.74. The highest BCUT2D eigenvalue weighted by Crippen LogP contribution is 2.33. The number of halogens is 1. The van der Waals surface area contributed by atoms with Crippen molar-refractivity contribution in [3.8, 4) is 11.3 Å². The lowest BCUT2D eigenvalue weighted by molar-refractivity contribution is 0.0990. The smallest absolute Gasteiger partial charge is 0.269 e. The molecule has 1 saturated heterocycles. The number of nitrogens with one attached hydrogen (secondary N) is 1. The standard InChI is InChI=1S/C24H26FN7O2/c1-2-12-31-13-4-3-5-18(31)23-30-20(21(22(26)33)32(23)27)15-6-8-16(9-7-15)24(34)29-19-14-17(25)10-11-28-19/h2,6-12,14,18H,3-5,13,27H2,1H3,(H2,26,33)(H,28,29,34). The Labute approximate surface area is 196 Å². The van der Waals surface area contributed by atoms with Crippen LogP contribution in [0.1, 0.15) is 58.9 Å². The Morgan fingerprint density at radius 2 is 1.97 bits per heavy atom. The molecule has 3 heterocycles. The van der Waals surface area contributed by atoms with E-state index in [4.69, 9.17) is 16.6 Å². The van der Waals surface area contributed by atoms with Gasteiger partial charge >= 0.3 is 0 Å². The number of benzene rings is 1. The van der Waals surface area contributed by atoms with Crippen molar-refractivity contribution >= 4 is 17.6 Å². The SMILES string of the molecule is CC=CN1CCCCC1c1nc(-c2ccc(C(=O)Nc3cc(F)ccn3)cc2)c(C(N)=O)n1N. The number of anilines is 1. The zero-order valence-corrected chi connectivity index (χ0v) is 18.7. The summed E-state index contributed by atoms with van der Waals surface area (Å²) in [6.07, 6.45) is 8.17.